The third kappa shape index (κ3) is 2.87. The second-order valence-corrected chi connectivity index (χ2v) is 5.58. The fourth-order valence-corrected chi connectivity index (χ4v) is 2.49. The summed E-state index contributed by atoms with van der Waals surface area (Å²) in [7, 11) is 0. The predicted octanol–water partition coefficient (Wildman–Crippen LogP) is 3.28. The first-order chi connectivity index (χ1) is 8.90. The number of pyridine rings is 1. The van der Waals surface area contributed by atoms with Gasteiger partial charge >= 0.3 is 0 Å². The van der Waals surface area contributed by atoms with Crippen LogP contribution in [0, 0.1) is 11.6 Å². The summed E-state index contributed by atoms with van der Waals surface area (Å²) in [6.07, 6.45) is 1.34. The summed E-state index contributed by atoms with van der Waals surface area (Å²) in [6.45, 7) is -0.237. The maximum atomic E-state index is 13.8. The Morgan fingerprint density at radius 3 is 2.58 bits per heavy atom. The number of nitrogens with zero attached hydrogens (tertiary/aromatic N) is 1. The molecule has 3 nitrogen and oxygen atoms in total. The normalized spacial score (nSPS) is 10.7. The Balaban J connectivity index is 2.54. The Morgan fingerprint density at radius 2 is 1.89 bits per heavy atom. The highest BCUT2D eigenvalue weighted by molar-refractivity contribution is 9.10. The molecule has 0 aliphatic rings. The van der Waals surface area contributed by atoms with Crippen molar-refractivity contribution in [2.45, 2.75) is 6.54 Å². The van der Waals surface area contributed by atoms with E-state index in [4.69, 9.17) is 5.73 Å². The lowest BCUT2D eigenvalue weighted by molar-refractivity contribution is 0.537. The summed E-state index contributed by atoms with van der Waals surface area (Å²) in [6, 6.07) is 3.84. The quantitative estimate of drug-likeness (QED) is 0.796. The van der Waals surface area contributed by atoms with Gasteiger partial charge in [0.1, 0.15) is 11.6 Å². The zero-order valence-corrected chi connectivity index (χ0v) is 12.6. The summed E-state index contributed by atoms with van der Waals surface area (Å²) in [5, 5.41) is 0. The maximum Gasteiger partial charge on any atom is 0.265 e. The molecule has 1 aromatic heterocycles. The van der Waals surface area contributed by atoms with Crippen LogP contribution in [0.1, 0.15) is 5.56 Å². The molecule has 0 saturated carbocycles. The highest BCUT2D eigenvalue weighted by atomic mass is 79.9. The zero-order valence-electron chi connectivity index (χ0n) is 9.46. The molecule has 1 aromatic carbocycles. The summed E-state index contributed by atoms with van der Waals surface area (Å²) in [4.78, 5) is 11.8. The summed E-state index contributed by atoms with van der Waals surface area (Å²) < 4.78 is 29.0. The van der Waals surface area contributed by atoms with E-state index >= 15 is 0 Å². The van der Waals surface area contributed by atoms with E-state index in [1.807, 2.05) is 0 Å². The average Bonchev–Trinajstić information content (AvgIpc) is 2.35. The highest BCUT2D eigenvalue weighted by Crippen LogP contribution is 2.22. The van der Waals surface area contributed by atoms with Crippen LogP contribution in [0.15, 0.2) is 38.1 Å². The minimum atomic E-state index is -0.731. The molecule has 7 heteroatoms. The lowest BCUT2D eigenvalue weighted by atomic mass is 10.2. The SMILES string of the molecule is Nc1cc(Br)c(=O)n(Cc2c(F)ccc(Br)c2F)c1. The number of rotatable bonds is 2. The molecule has 1 heterocycles. The van der Waals surface area contributed by atoms with Crippen molar-refractivity contribution in [3.05, 3.63) is 60.9 Å². The minimum absolute atomic E-state index is 0.139. The molecule has 0 radical (unpaired) electrons. The number of hydrogen-bond donors (Lipinski definition) is 1. The third-order valence-corrected chi connectivity index (χ3v) is 3.71. The molecule has 0 aliphatic carbocycles. The van der Waals surface area contributed by atoms with Gasteiger partial charge in [0.15, 0.2) is 0 Å². The molecular formula is C12H8Br2F2N2O. The molecule has 2 aromatic rings. The van der Waals surface area contributed by atoms with E-state index < -0.39 is 17.2 Å². The van der Waals surface area contributed by atoms with Crippen LogP contribution < -0.4 is 11.3 Å². The standard InChI is InChI=1S/C12H8Br2F2N2O/c13-8-1-2-10(15)7(11(8)16)5-18-4-6(17)3-9(14)12(18)19/h1-4H,5,17H2. The van der Waals surface area contributed by atoms with Crippen molar-refractivity contribution in [2.24, 2.45) is 0 Å². The van der Waals surface area contributed by atoms with Crippen molar-refractivity contribution in [3.8, 4) is 0 Å². The van der Waals surface area contributed by atoms with Crippen molar-refractivity contribution in [1.29, 1.82) is 0 Å². The first-order valence-electron chi connectivity index (χ1n) is 5.18. The van der Waals surface area contributed by atoms with Crippen LogP contribution >= 0.6 is 31.9 Å². The molecule has 2 rings (SSSR count). The summed E-state index contributed by atoms with van der Waals surface area (Å²) in [5.74, 6) is -1.45. The van der Waals surface area contributed by atoms with Crippen LogP contribution in [0.2, 0.25) is 0 Å². The van der Waals surface area contributed by atoms with Gasteiger partial charge in [-0.25, -0.2) is 8.78 Å². The number of nitrogen functional groups attached to an aromatic ring is 1. The highest BCUT2D eigenvalue weighted by Gasteiger charge is 2.14. The van der Waals surface area contributed by atoms with E-state index in [2.05, 4.69) is 31.9 Å². The van der Waals surface area contributed by atoms with Crippen molar-refractivity contribution in [1.82, 2.24) is 4.57 Å². The van der Waals surface area contributed by atoms with Gasteiger partial charge in [0.05, 0.1) is 15.5 Å². The monoisotopic (exact) mass is 392 g/mol. The first-order valence-corrected chi connectivity index (χ1v) is 6.76. The smallest absolute Gasteiger partial charge is 0.265 e. The Morgan fingerprint density at radius 1 is 1.21 bits per heavy atom. The van der Waals surface area contributed by atoms with Crippen LogP contribution in [-0.2, 0) is 6.54 Å². The van der Waals surface area contributed by atoms with Gasteiger partial charge in [-0.3, -0.25) is 4.79 Å². The van der Waals surface area contributed by atoms with E-state index in [0.717, 1.165) is 10.6 Å². The van der Waals surface area contributed by atoms with E-state index in [0.29, 0.717) is 5.69 Å². The Hall–Kier alpha value is -1.21. The Bertz CT molecular complexity index is 701. The molecular weight excluding hydrogens is 386 g/mol. The Kier molecular flexibility index (Phi) is 4.05. The van der Waals surface area contributed by atoms with Gasteiger partial charge in [-0.05, 0) is 50.1 Å². The van der Waals surface area contributed by atoms with Crippen molar-refractivity contribution >= 4 is 37.5 Å². The molecule has 0 amide bonds. The zero-order chi connectivity index (χ0) is 14.2. The topological polar surface area (TPSA) is 48.0 Å². The van der Waals surface area contributed by atoms with Gasteiger partial charge in [0, 0.05) is 17.4 Å². The van der Waals surface area contributed by atoms with Gasteiger partial charge in [-0.1, -0.05) is 0 Å². The molecule has 0 spiro atoms. The van der Waals surface area contributed by atoms with E-state index in [1.54, 1.807) is 0 Å². The average molecular weight is 394 g/mol. The van der Waals surface area contributed by atoms with Gasteiger partial charge in [0.2, 0.25) is 0 Å². The van der Waals surface area contributed by atoms with Crippen LogP contribution in [0.3, 0.4) is 0 Å². The molecule has 0 aliphatic heterocycles. The van der Waals surface area contributed by atoms with Crippen molar-refractivity contribution < 1.29 is 8.78 Å². The second-order valence-electron chi connectivity index (χ2n) is 3.88. The molecule has 100 valence electrons. The molecule has 2 N–H and O–H groups in total. The molecule has 0 atom stereocenters. The second kappa shape index (κ2) is 5.42. The van der Waals surface area contributed by atoms with Crippen LogP contribution in [0.5, 0.6) is 0 Å². The lowest BCUT2D eigenvalue weighted by Crippen LogP contribution is -2.22. The van der Waals surface area contributed by atoms with Crippen LogP contribution in [-0.4, -0.2) is 4.57 Å². The number of aromatic nitrogens is 1. The molecule has 0 bridgehead atoms. The van der Waals surface area contributed by atoms with Gasteiger partial charge < -0.3 is 10.3 Å². The first kappa shape index (κ1) is 14.2. The fraction of sp³-hybridized carbons (Fsp3) is 0.0833. The molecule has 0 unspecified atom stereocenters. The van der Waals surface area contributed by atoms with E-state index in [9.17, 15) is 13.6 Å². The van der Waals surface area contributed by atoms with E-state index in [-0.39, 0.29) is 21.1 Å². The maximum absolute atomic E-state index is 13.8. The molecule has 0 saturated heterocycles. The fourth-order valence-electron chi connectivity index (χ4n) is 1.62. The summed E-state index contributed by atoms with van der Waals surface area (Å²) >= 11 is 6.03. The number of anilines is 1. The number of nitrogens with two attached hydrogens (primary N) is 1. The van der Waals surface area contributed by atoms with Crippen LogP contribution in [0.25, 0.3) is 0 Å². The number of hydrogen-bond acceptors (Lipinski definition) is 2. The van der Waals surface area contributed by atoms with Crippen LogP contribution in [0.4, 0.5) is 14.5 Å². The lowest BCUT2D eigenvalue weighted by Gasteiger charge is -2.10. The number of halogens is 4. The molecule has 19 heavy (non-hydrogen) atoms. The Labute approximate surface area is 124 Å². The van der Waals surface area contributed by atoms with Crippen molar-refractivity contribution in [2.75, 3.05) is 5.73 Å². The predicted molar refractivity (Wildman–Crippen MR) is 76.0 cm³/mol. The van der Waals surface area contributed by atoms with Gasteiger partial charge in [-0.2, -0.15) is 0 Å². The largest absolute Gasteiger partial charge is 0.398 e. The van der Waals surface area contributed by atoms with Gasteiger partial charge in [-0.15, -0.1) is 0 Å². The molecule has 0 fully saturated rings. The third-order valence-electron chi connectivity index (χ3n) is 2.53. The van der Waals surface area contributed by atoms with E-state index in [1.165, 1.54) is 18.3 Å². The van der Waals surface area contributed by atoms with Gasteiger partial charge in [0.25, 0.3) is 5.56 Å². The summed E-state index contributed by atoms with van der Waals surface area (Å²) in [5.41, 5.74) is 5.31. The number of benzene rings is 1. The minimum Gasteiger partial charge on any atom is -0.398 e. The van der Waals surface area contributed by atoms with Crippen molar-refractivity contribution in [3.63, 3.8) is 0 Å².